The molecule has 0 amide bonds. The number of hydrogen-bond acceptors (Lipinski definition) is 9. The van der Waals surface area contributed by atoms with Crippen molar-refractivity contribution >= 4 is 42.4 Å². The van der Waals surface area contributed by atoms with E-state index in [1.807, 2.05) is 6.07 Å². The van der Waals surface area contributed by atoms with Gasteiger partial charge in [0.25, 0.3) is 0 Å². The first-order chi connectivity index (χ1) is 24.2. The fourth-order valence-corrected chi connectivity index (χ4v) is 10.2. The number of anilines is 4. The van der Waals surface area contributed by atoms with E-state index in [2.05, 4.69) is 34.1 Å². The third kappa shape index (κ3) is 4.93. The minimum atomic E-state index is -4.17. The van der Waals surface area contributed by atoms with Gasteiger partial charge in [-0.1, -0.05) is 0 Å². The standard InChI is InChI=1S/C39H31N3O6S2/c40-24-25-17-34(49(43,44)32-5-1-30(2-6-32)41-13-9-26-19-28-11-15-47-38(28)22-36(26)41)21-35(18-25)50(45,46)33-7-3-31(4-8-33)42-14-10-27-20-29-12-16-48-39(29)23-37(27)42/h1-8,17-23H,9-16H2. The first kappa shape index (κ1) is 30.7. The lowest BCUT2D eigenvalue weighted by Crippen LogP contribution is -2.14. The molecule has 0 saturated heterocycles. The van der Waals surface area contributed by atoms with Crippen LogP contribution >= 0.6 is 0 Å². The van der Waals surface area contributed by atoms with Crippen LogP contribution in [0.25, 0.3) is 0 Å². The Labute approximate surface area is 290 Å². The van der Waals surface area contributed by atoms with E-state index < -0.39 is 19.7 Å². The van der Waals surface area contributed by atoms with Crippen LogP contribution in [0.2, 0.25) is 0 Å². The van der Waals surface area contributed by atoms with Crippen molar-refractivity contribution in [3.8, 4) is 17.6 Å². The summed E-state index contributed by atoms with van der Waals surface area (Å²) in [5.74, 6) is 1.79. The zero-order chi connectivity index (χ0) is 34.2. The number of nitrogens with zero attached hydrogens (tertiary/aromatic N) is 3. The number of ether oxygens (including phenoxy) is 2. The summed E-state index contributed by atoms with van der Waals surface area (Å²) >= 11 is 0. The van der Waals surface area contributed by atoms with Crippen LogP contribution in [-0.4, -0.2) is 43.1 Å². The van der Waals surface area contributed by atoms with Gasteiger partial charge in [-0.05, 0) is 114 Å². The molecule has 0 fully saturated rings. The average Bonchev–Trinajstić information content (AvgIpc) is 3.96. The topological polar surface area (TPSA) is 117 Å². The van der Waals surface area contributed by atoms with Crippen molar-refractivity contribution in [3.05, 3.63) is 119 Å². The van der Waals surface area contributed by atoms with Gasteiger partial charge >= 0.3 is 0 Å². The lowest BCUT2D eigenvalue weighted by atomic mass is 10.1. The first-order valence-corrected chi connectivity index (χ1v) is 19.5. The third-order valence-electron chi connectivity index (χ3n) is 10.1. The van der Waals surface area contributed by atoms with Crippen LogP contribution in [0.15, 0.2) is 111 Å². The fraction of sp³-hybridized carbons (Fsp3) is 0.205. The molecule has 0 aromatic heterocycles. The van der Waals surface area contributed by atoms with Gasteiger partial charge in [0.05, 0.1) is 44.4 Å². The molecule has 9 nitrogen and oxygen atoms in total. The summed E-state index contributed by atoms with van der Waals surface area (Å²) in [6, 6.07) is 27.1. The molecule has 0 bridgehead atoms. The van der Waals surface area contributed by atoms with Crippen LogP contribution in [0.4, 0.5) is 22.7 Å². The third-order valence-corrected chi connectivity index (χ3v) is 13.6. The van der Waals surface area contributed by atoms with Gasteiger partial charge in [0, 0.05) is 60.8 Å². The highest BCUT2D eigenvalue weighted by atomic mass is 32.2. The van der Waals surface area contributed by atoms with Crippen molar-refractivity contribution in [2.24, 2.45) is 0 Å². The van der Waals surface area contributed by atoms with Crippen LogP contribution in [0, 0.1) is 11.3 Å². The monoisotopic (exact) mass is 701 g/mol. The number of sulfone groups is 2. The molecule has 0 radical (unpaired) electrons. The summed E-state index contributed by atoms with van der Waals surface area (Å²) in [5.41, 5.74) is 8.63. The maximum absolute atomic E-state index is 13.9. The predicted octanol–water partition coefficient (Wildman–Crippen LogP) is 6.48. The molecule has 0 unspecified atom stereocenters. The lowest BCUT2D eigenvalue weighted by Gasteiger charge is -2.20. The Hall–Kier alpha value is -5.31. The molecule has 0 saturated carbocycles. The van der Waals surface area contributed by atoms with Crippen LogP contribution < -0.4 is 19.3 Å². The van der Waals surface area contributed by atoms with Crippen molar-refractivity contribution < 1.29 is 26.3 Å². The van der Waals surface area contributed by atoms with E-state index in [0.717, 1.165) is 79.1 Å². The van der Waals surface area contributed by atoms with Gasteiger partial charge in [-0.15, -0.1) is 0 Å². The molecule has 250 valence electrons. The normalized spacial score (nSPS) is 15.9. The maximum atomic E-state index is 13.9. The van der Waals surface area contributed by atoms with Crippen LogP contribution in [0.5, 0.6) is 11.5 Å². The second-order valence-electron chi connectivity index (χ2n) is 13.0. The summed E-state index contributed by atoms with van der Waals surface area (Å²) in [5, 5.41) is 9.78. The molecule has 11 heteroatoms. The molecule has 4 aliphatic rings. The molecule has 0 aliphatic carbocycles. The summed E-state index contributed by atoms with van der Waals surface area (Å²) in [6.07, 6.45) is 3.58. The number of nitriles is 1. The van der Waals surface area contributed by atoms with Gasteiger partial charge < -0.3 is 19.3 Å². The van der Waals surface area contributed by atoms with Gasteiger partial charge in [-0.2, -0.15) is 5.26 Å². The Morgan fingerprint density at radius 1 is 0.520 bits per heavy atom. The van der Waals surface area contributed by atoms with E-state index >= 15 is 0 Å². The first-order valence-electron chi connectivity index (χ1n) is 16.6. The summed E-state index contributed by atoms with van der Waals surface area (Å²) in [6.45, 7) is 2.88. The van der Waals surface area contributed by atoms with Crippen LogP contribution in [0.1, 0.15) is 27.8 Å². The van der Waals surface area contributed by atoms with Crippen molar-refractivity contribution in [1.82, 2.24) is 0 Å². The van der Waals surface area contributed by atoms with E-state index in [-0.39, 0.29) is 25.1 Å². The lowest BCUT2D eigenvalue weighted by molar-refractivity contribution is 0.356. The van der Waals surface area contributed by atoms with Gasteiger partial charge in [0.2, 0.25) is 19.7 Å². The number of hydrogen-bond donors (Lipinski definition) is 0. The molecular formula is C39H31N3O6S2. The Morgan fingerprint density at radius 3 is 1.38 bits per heavy atom. The smallest absolute Gasteiger partial charge is 0.206 e. The second kappa shape index (κ2) is 11.4. The van der Waals surface area contributed by atoms with E-state index in [4.69, 9.17) is 9.47 Å². The SMILES string of the molecule is N#Cc1cc(S(=O)(=O)c2ccc(N3CCc4cc5c(cc43)OCC5)cc2)cc(S(=O)(=O)c2ccc(N3CCc4cc5c(cc43)OCC5)cc2)c1. The summed E-state index contributed by atoms with van der Waals surface area (Å²) in [4.78, 5) is 3.76. The van der Waals surface area contributed by atoms with Crippen LogP contribution in [-0.2, 0) is 45.4 Å². The quantitative estimate of drug-likeness (QED) is 0.196. The van der Waals surface area contributed by atoms with Gasteiger partial charge in [0.1, 0.15) is 11.5 Å². The highest BCUT2D eigenvalue weighted by Crippen LogP contribution is 2.42. The number of fused-ring (bicyclic) bond motifs is 4. The number of benzene rings is 5. The molecular weight excluding hydrogens is 671 g/mol. The minimum absolute atomic E-state index is 0.00249. The highest BCUT2D eigenvalue weighted by molar-refractivity contribution is 7.92. The van der Waals surface area contributed by atoms with E-state index in [9.17, 15) is 22.1 Å². The van der Waals surface area contributed by atoms with Crippen molar-refractivity contribution in [2.75, 3.05) is 36.1 Å². The average molecular weight is 702 g/mol. The minimum Gasteiger partial charge on any atom is -0.493 e. The molecule has 0 atom stereocenters. The van der Waals surface area contributed by atoms with Gasteiger partial charge in [-0.3, -0.25) is 0 Å². The molecule has 9 rings (SSSR count). The van der Waals surface area contributed by atoms with Crippen molar-refractivity contribution in [3.63, 3.8) is 0 Å². The molecule has 50 heavy (non-hydrogen) atoms. The molecule has 4 aliphatic heterocycles. The van der Waals surface area contributed by atoms with Gasteiger partial charge in [-0.25, -0.2) is 16.8 Å². The van der Waals surface area contributed by atoms with E-state index in [1.165, 1.54) is 58.7 Å². The molecule has 5 aromatic carbocycles. The molecule has 4 heterocycles. The maximum Gasteiger partial charge on any atom is 0.206 e. The highest BCUT2D eigenvalue weighted by Gasteiger charge is 2.29. The predicted molar refractivity (Wildman–Crippen MR) is 188 cm³/mol. The fourth-order valence-electron chi connectivity index (χ4n) is 7.51. The summed E-state index contributed by atoms with van der Waals surface area (Å²) in [7, 11) is -8.33. The van der Waals surface area contributed by atoms with E-state index in [0.29, 0.717) is 13.2 Å². The summed E-state index contributed by atoms with van der Waals surface area (Å²) < 4.78 is 67.1. The second-order valence-corrected chi connectivity index (χ2v) is 16.9. The van der Waals surface area contributed by atoms with E-state index in [1.54, 1.807) is 24.3 Å². The van der Waals surface area contributed by atoms with Crippen LogP contribution in [0.3, 0.4) is 0 Å². The largest absolute Gasteiger partial charge is 0.493 e. The molecule has 0 N–H and O–H groups in total. The van der Waals surface area contributed by atoms with Gasteiger partial charge in [0.15, 0.2) is 0 Å². The van der Waals surface area contributed by atoms with Crippen molar-refractivity contribution in [1.29, 1.82) is 5.26 Å². The zero-order valence-electron chi connectivity index (χ0n) is 26.9. The Kier molecular flexibility index (Phi) is 6.99. The Bertz CT molecular complexity index is 2320. The zero-order valence-corrected chi connectivity index (χ0v) is 28.6. The molecule has 0 spiro atoms. The Balaban J connectivity index is 0.993. The molecule has 5 aromatic rings. The Morgan fingerprint density at radius 2 is 0.960 bits per heavy atom. The van der Waals surface area contributed by atoms with Crippen molar-refractivity contribution in [2.45, 2.75) is 45.3 Å². The number of rotatable bonds is 6.